The first kappa shape index (κ1) is 14.2. The molecule has 0 radical (unpaired) electrons. The van der Waals surface area contributed by atoms with Gasteiger partial charge >= 0.3 is 0 Å². The van der Waals surface area contributed by atoms with Crippen LogP contribution in [0.3, 0.4) is 0 Å². The van der Waals surface area contributed by atoms with Gasteiger partial charge < -0.3 is 5.32 Å². The van der Waals surface area contributed by atoms with Gasteiger partial charge in [-0.1, -0.05) is 20.8 Å². The van der Waals surface area contributed by atoms with Crippen LogP contribution >= 0.6 is 22.7 Å². The fourth-order valence-electron chi connectivity index (χ4n) is 2.92. The summed E-state index contributed by atoms with van der Waals surface area (Å²) >= 11 is 3.52. The minimum absolute atomic E-state index is 0.323. The van der Waals surface area contributed by atoms with Gasteiger partial charge in [0.25, 0.3) is 0 Å². The first-order chi connectivity index (χ1) is 9.48. The summed E-state index contributed by atoms with van der Waals surface area (Å²) in [5.41, 5.74) is 2.64. The molecule has 1 aliphatic carbocycles. The van der Waals surface area contributed by atoms with E-state index in [-0.39, 0.29) is 0 Å². The minimum Gasteiger partial charge on any atom is -0.309 e. The molecule has 0 saturated heterocycles. The number of hydrogen-bond acceptors (Lipinski definition) is 5. The van der Waals surface area contributed by atoms with Crippen molar-refractivity contribution in [1.82, 2.24) is 15.3 Å². The predicted octanol–water partition coefficient (Wildman–Crippen LogP) is 4.20. The molecule has 1 unspecified atom stereocenters. The lowest BCUT2D eigenvalue weighted by Gasteiger charge is -2.34. The van der Waals surface area contributed by atoms with Crippen LogP contribution in [0.15, 0.2) is 5.38 Å². The molecule has 20 heavy (non-hydrogen) atoms. The van der Waals surface area contributed by atoms with Crippen LogP contribution in [0.1, 0.15) is 48.8 Å². The molecule has 0 spiro atoms. The van der Waals surface area contributed by atoms with Crippen LogP contribution in [0, 0.1) is 12.3 Å². The van der Waals surface area contributed by atoms with Gasteiger partial charge in [0.1, 0.15) is 10.7 Å². The van der Waals surface area contributed by atoms with Crippen molar-refractivity contribution in [3.8, 4) is 10.7 Å². The van der Waals surface area contributed by atoms with Crippen LogP contribution in [-0.2, 0) is 6.42 Å². The first-order valence-corrected chi connectivity index (χ1v) is 8.83. The van der Waals surface area contributed by atoms with E-state index in [4.69, 9.17) is 4.98 Å². The normalized spacial score (nSPS) is 20.9. The highest BCUT2D eigenvalue weighted by Gasteiger charge is 2.34. The van der Waals surface area contributed by atoms with Gasteiger partial charge in [0.2, 0.25) is 0 Å². The van der Waals surface area contributed by atoms with Gasteiger partial charge in [-0.2, -0.15) is 0 Å². The fourth-order valence-corrected chi connectivity index (χ4v) is 4.71. The Kier molecular flexibility index (Phi) is 3.69. The number of nitrogens with one attached hydrogen (secondary N) is 1. The second-order valence-electron chi connectivity index (χ2n) is 6.24. The molecular formula is C15H21N3S2. The molecule has 108 valence electrons. The molecule has 5 heteroatoms. The van der Waals surface area contributed by atoms with Gasteiger partial charge in [0, 0.05) is 16.3 Å². The van der Waals surface area contributed by atoms with E-state index in [0.717, 1.165) is 28.7 Å². The molecule has 1 aliphatic rings. The smallest absolute Gasteiger partial charge is 0.143 e. The SMILES string of the molecule is CCNC1CC(C)(C)Cc2nc(-c3csc(C)n3)sc21. The van der Waals surface area contributed by atoms with Crippen LogP contribution in [0.2, 0.25) is 0 Å². The van der Waals surface area contributed by atoms with Gasteiger partial charge in [-0.05, 0) is 31.7 Å². The lowest BCUT2D eigenvalue weighted by atomic mass is 9.76. The number of fused-ring (bicyclic) bond motifs is 1. The van der Waals surface area contributed by atoms with Crippen molar-refractivity contribution < 1.29 is 0 Å². The summed E-state index contributed by atoms with van der Waals surface area (Å²) in [7, 11) is 0. The molecule has 0 aromatic carbocycles. The predicted molar refractivity (Wildman–Crippen MR) is 86.5 cm³/mol. The average molecular weight is 307 g/mol. The Bertz CT molecular complexity index is 612. The third kappa shape index (κ3) is 2.67. The Balaban J connectivity index is 1.99. The second kappa shape index (κ2) is 5.20. The Morgan fingerprint density at radius 1 is 1.40 bits per heavy atom. The van der Waals surface area contributed by atoms with E-state index in [0.29, 0.717) is 11.5 Å². The Morgan fingerprint density at radius 3 is 2.85 bits per heavy atom. The highest BCUT2D eigenvalue weighted by atomic mass is 32.1. The molecular weight excluding hydrogens is 286 g/mol. The molecule has 3 nitrogen and oxygen atoms in total. The standard InChI is InChI=1S/C15H21N3S2/c1-5-16-10-6-15(3,4)7-11-13(10)20-14(18-11)12-8-19-9(2)17-12/h8,10,16H,5-7H2,1-4H3. The van der Waals surface area contributed by atoms with Gasteiger partial charge in [-0.15, -0.1) is 22.7 Å². The fraction of sp³-hybridized carbons (Fsp3) is 0.600. The van der Waals surface area contributed by atoms with E-state index in [1.54, 1.807) is 11.3 Å². The van der Waals surface area contributed by atoms with Gasteiger partial charge in [0.05, 0.1) is 10.7 Å². The summed E-state index contributed by atoms with van der Waals surface area (Å²) in [5.74, 6) is 0. The third-order valence-corrected chi connectivity index (χ3v) is 5.74. The van der Waals surface area contributed by atoms with Crippen molar-refractivity contribution >= 4 is 22.7 Å². The monoisotopic (exact) mass is 307 g/mol. The molecule has 1 atom stereocenters. The molecule has 2 heterocycles. The van der Waals surface area contributed by atoms with Gasteiger partial charge in [0.15, 0.2) is 0 Å². The zero-order valence-corrected chi connectivity index (χ0v) is 14.1. The van der Waals surface area contributed by atoms with Crippen molar-refractivity contribution in [2.24, 2.45) is 5.41 Å². The Hall–Kier alpha value is -0.780. The van der Waals surface area contributed by atoms with E-state index < -0.39 is 0 Å². The van der Waals surface area contributed by atoms with Crippen molar-refractivity contribution in [1.29, 1.82) is 0 Å². The van der Waals surface area contributed by atoms with E-state index in [2.05, 4.69) is 36.5 Å². The average Bonchev–Trinajstić information content (AvgIpc) is 2.94. The van der Waals surface area contributed by atoms with Gasteiger partial charge in [-0.25, -0.2) is 9.97 Å². The first-order valence-electron chi connectivity index (χ1n) is 7.14. The van der Waals surface area contributed by atoms with E-state index in [1.165, 1.54) is 17.0 Å². The molecule has 0 saturated carbocycles. The minimum atomic E-state index is 0.323. The van der Waals surface area contributed by atoms with Crippen molar-refractivity contribution in [3.05, 3.63) is 21.0 Å². The number of aryl methyl sites for hydroxylation is 1. The number of thiazole rings is 2. The molecule has 1 N–H and O–H groups in total. The summed E-state index contributed by atoms with van der Waals surface area (Å²) in [5, 5.41) is 7.93. The highest BCUT2D eigenvalue weighted by molar-refractivity contribution is 7.16. The summed E-state index contributed by atoms with van der Waals surface area (Å²) < 4.78 is 0. The summed E-state index contributed by atoms with van der Waals surface area (Å²) in [6.07, 6.45) is 2.26. The molecule has 3 rings (SSSR count). The van der Waals surface area contributed by atoms with Crippen LogP contribution in [0.5, 0.6) is 0 Å². The van der Waals surface area contributed by atoms with E-state index >= 15 is 0 Å². The van der Waals surface area contributed by atoms with Crippen molar-refractivity contribution in [3.63, 3.8) is 0 Å². The molecule has 0 aliphatic heterocycles. The molecule has 0 fully saturated rings. The van der Waals surface area contributed by atoms with E-state index in [1.807, 2.05) is 18.3 Å². The molecule has 0 bridgehead atoms. The molecule has 0 amide bonds. The number of aromatic nitrogens is 2. The lowest BCUT2D eigenvalue weighted by molar-refractivity contribution is 0.260. The van der Waals surface area contributed by atoms with Crippen LogP contribution in [-0.4, -0.2) is 16.5 Å². The largest absolute Gasteiger partial charge is 0.309 e. The maximum atomic E-state index is 4.89. The molecule has 2 aromatic heterocycles. The Morgan fingerprint density at radius 2 is 2.20 bits per heavy atom. The summed E-state index contributed by atoms with van der Waals surface area (Å²) in [4.78, 5) is 10.9. The zero-order chi connectivity index (χ0) is 14.3. The second-order valence-corrected chi connectivity index (χ2v) is 8.33. The van der Waals surface area contributed by atoms with Crippen LogP contribution < -0.4 is 5.32 Å². The molecule has 2 aromatic rings. The highest BCUT2D eigenvalue weighted by Crippen LogP contribution is 2.44. The Labute approximate surface area is 128 Å². The van der Waals surface area contributed by atoms with E-state index in [9.17, 15) is 0 Å². The topological polar surface area (TPSA) is 37.8 Å². The summed E-state index contributed by atoms with van der Waals surface area (Å²) in [6.45, 7) is 9.90. The number of rotatable bonds is 3. The van der Waals surface area contributed by atoms with Crippen LogP contribution in [0.4, 0.5) is 0 Å². The number of nitrogens with zero attached hydrogens (tertiary/aromatic N) is 2. The maximum absolute atomic E-state index is 4.89. The lowest BCUT2D eigenvalue weighted by Crippen LogP contribution is -2.32. The quantitative estimate of drug-likeness (QED) is 0.923. The zero-order valence-electron chi connectivity index (χ0n) is 12.5. The number of hydrogen-bond donors (Lipinski definition) is 1. The maximum Gasteiger partial charge on any atom is 0.143 e. The van der Waals surface area contributed by atoms with Crippen molar-refractivity contribution in [2.75, 3.05) is 6.54 Å². The van der Waals surface area contributed by atoms with Crippen LogP contribution in [0.25, 0.3) is 10.7 Å². The third-order valence-electron chi connectivity index (χ3n) is 3.74. The van der Waals surface area contributed by atoms with Crippen molar-refractivity contribution in [2.45, 2.75) is 46.6 Å². The van der Waals surface area contributed by atoms with Gasteiger partial charge in [-0.3, -0.25) is 0 Å². The summed E-state index contributed by atoms with van der Waals surface area (Å²) in [6, 6.07) is 0.449.